The van der Waals surface area contributed by atoms with Gasteiger partial charge in [-0.2, -0.15) is 0 Å². The van der Waals surface area contributed by atoms with Crippen LogP contribution in [-0.4, -0.2) is 22.3 Å². The predicted octanol–water partition coefficient (Wildman–Crippen LogP) is 5.16. The van der Waals surface area contributed by atoms with Crippen molar-refractivity contribution < 1.29 is 14.6 Å². The molecule has 0 radical (unpaired) electrons. The lowest BCUT2D eigenvalue weighted by molar-refractivity contribution is -0.137. The standard InChI is InChI=1S/C27H27N3O3/c1-3-4-23(14-27(31)32)22-9-11-25(12-10-22)33-18-20-7-8-24(15-28)26(13-20)30-17-21-6-5-19(2)29-16-21/h5-13,15-16,23,28,30H,14,17-18H2,1-2H3,(H,31,32)/t23-/m0/s1. The highest BCUT2D eigenvalue weighted by molar-refractivity contribution is 5.86. The second-order valence-corrected chi connectivity index (χ2v) is 7.63. The summed E-state index contributed by atoms with van der Waals surface area (Å²) in [6, 6.07) is 17.2. The first-order valence-corrected chi connectivity index (χ1v) is 10.6. The van der Waals surface area contributed by atoms with E-state index in [2.05, 4.69) is 22.1 Å². The molecule has 2 aromatic carbocycles. The van der Waals surface area contributed by atoms with Crippen molar-refractivity contribution in [3.8, 4) is 17.6 Å². The monoisotopic (exact) mass is 441 g/mol. The van der Waals surface area contributed by atoms with Crippen LogP contribution in [0.25, 0.3) is 0 Å². The molecule has 0 unspecified atom stereocenters. The van der Waals surface area contributed by atoms with E-state index in [-0.39, 0.29) is 12.3 Å². The molecule has 0 saturated heterocycles. The zero-order chi connectivity index (χ0) is 23.6. The van der Waals surface area contributed by atoms with E-state index in [0.717, 1.165) is 33.6 Å². The summed E-state index contributed by atoms with van der Waals surface area (Å²) in [5, 5.41) is 20.1. The van der Waals surface area contributed by atoms with Crippen LogP contribution in [0.15, 0.2) is 60.8 Å². The Labute approximate surface area is 194 Å². The smallest absolute Gasteiger partial charge is 0.304 e. The van der Waals surface area contributed by atoms with Gasteiger partial charge in [0.2, 0.25) is 0 Å². The molecule has 0 spiro atoms. The molecule has 1 aromatic heterocycles. The molecule has 6 heteroatoms. The number of aromatic nitrogens is 1. The van der Waals surface area contributed by atoms with Gasteiger partial charge < -0.3 is 20.6 Å². The number of aryl methyl sites for hydroxylation is 1. The van der Waals surface area contributed by atoms with E-state index in [4.69, 9.17) is 15.3 Å². The normalized spacial score (nSPS) is 11.1. The Morgan fingerprint density at radius 3 is 2.58 bits per heavy atom. The van der Waals surface area contributed by atoms with Crippen molar-refractivity contribution in [2.75, 3.05) is 5.32 Å². The third kappa shape index (κ3) is 6.94. The van der Waals surface area contributed by atoms with Crippen LogP contribution in [0.2, 0.25) is 0 Å². The van der Waals surface area contributed by atoms with Crippen molar-refractivity contribution in [2.24, 2.45) is 0 Å². The molecule has 0 aliphatic rings. The van der Waals surface area contributed by atoms with Crippen LogP contribution in [0.4, 0.5) is 5.69 Å². The van der Waals surface area contributed by atoms with E-state index in [9.17, 15) is 4.79 Å². The number of hydrogen-bond acceptors (Lipinski definition) is 5. The summed E-state index contributed by atoms with van der Waals surface area (Å²) >= 11 is 0. The van der Waals surface area contributed by atoms with Gasteiger partial charge in [0.15, 0.2) is 0 Å². The van der Waals surface area contributed by atoms with Gasteiger partial charge in [-0.1, -0.05) is 36.3 Å². The van der Waals surface area contributed by atoms with Crippen LogP contribution < -0.4 is 10.1 Å². The molecule has 33 heavy (non-hydrogen) atoms. The Kier molecular flexibility index (Phi) is 8.20. The Morgan fingerprint density at radius 1 is 1.18 bits per heavy atom. The molecule has 168 valence electrons. The maximum Gasteiger partial charge on any atom is 0.304 e. The second-order valence-electron chi connectivity index (χ2n) is 7.63. The number of aliphatic carboxylic acids is 1. The molecule has 0 fully saturated rings. The molecule has 0 bridgehead atoms. The minimum absolute atomic E-state index is 0.0329. The highest BCUT2D eigenvalue weighted by atomic mass is 16.5. The molecule has 0 amide bonds. The molecule has 6 nitrogen and oxygen atoms in total. The van der Waals surface area contributed by atoms with Crippen LogP contribution in [0.1, 0.15) is 47.2 Å². The topological polar surface area (TPSA) is 95.3 Å². The van der Waals surface area contributed by atoms with Crippen molar-refractivity contribution in [3.05, 3.63) is 88.7 Å². The van der Waals surface area contributed by atoms with E-state index >= 15 is 0 Å². The summed E-state index contributed by atoms with van der Waals surface area (Å²) in [5.41, 5.74) is 5.51. The van der Waals surface area contributed by atoms with Gasteiger partial charge in [0.1, 0.15) is 12.4 Å². The van der Waals surface area contributed by atoms with E-state index in [0.29, 0.717) is 18.9 Å². The first-order valence-electron chi connectivity index (χ1n) is 10.6. The number of carboxylic acid groups (broad SMARTS) is 1. The van der Waals surface area contributed by atoms with Gasteiger partial charge in [-0.3, -0.25) is 9.78 Å². The first-order chi connectivity index (χ1) is 16.0. The number of carbonyl (C=O) groups is 1. The SMILES string of the molecule is CC#C[C@@H](CC(=O)O)c1ccc(OCc2ccc(C=N)c(NCc3ccc(C)nc3)c2)cc1. The molecule has 0 aliphatic heterocycles. The van der Waals surface area contributed by atoms with Gasteiger partial charge in [0, 0.05) is 35.9 Å². The van der Waals surface area contributed by atoms with Crippen molar-refractivity contribution >= 4 is 17.9 Å². The largest absolute Gasteiger partial charge is 0.489 e. The number of hydrogen-bond donors (Lipinski definition) is 3. The zero-order valence-corrected chi connectivity index (χ0v) is 18.8. The number of ether oxygens (including phenoxy) is 1. The summed E-state index contributed by atoms with van der Waals surface area (Å²) in [6.45, 7) is 4.63. The molecule has 3 aromatic rings. The van der Waals surface area contributed by atoms with Gasteiger partial charge in [0.05, 0.1) is 12.3 Å². The van der Waals surface area contributed by atoms with Crippen molar-refractivity contribution in [1.82, 2.24) is 4.98 Å². The van der Waals surface area contributed by atoms with Crippen molar-refractivity contribution in [1.29, 1.82) is 5.41 Å². The average Bonchev–Trinajstić information content (AvgIpc) is 2.82. The fraction of sp³-hybridized carbons (Fsp3) is 0.222. The van der Waals surface area contributed by atoms with Crippen LogP contribution in [0, 0.1) is 24.2 Å². The zero-order valence-electron chi connectivity index (χ0n) is 18.8. The summed E-state index contributed by atoms with van der Waals surface area (Å²) in [7, 11) is 0. The lowest BCUT2D eigenvalue weighted by Crippen LogP contribution is -2.05. The van der Waals surface area contributed by atoms with E-state index in [1.165, 1.54) is 6.21 Å². The number of rotatable bonds is 10. The quantitative estimate of drug-likeness (QED) is 0.298. The lowest BCUT2D eigenvalue weighted by atomic mass is 9.96. The molecule has 0 saturated carbocycles. The third-order valence-electron chi connectivity index (χ3n) is 5.11. The minimum Gasteiger partial charge on any atom is -0.489 e. The molecular weight excluding hydrogens is 414 g/mol. The number of nitrogens with zero attached hydrogens (tertiary/aromatic N) is 1. The van der Waals surface area contributed by atoms with Gasteiger partial charge in [0.25, 0.3) is 0 Å². The minimum atomic E-state index is -0.875. The summed E-state index contributed by atoms with van der Waals surface area (Å²) in [4.78, 5) is 15.4. The Morgan fingerprint density at radius 2 is 1.94 bits per heavy atom. The highest BCUT2D eigenvalue weighted by Gasteiger charge is 2.13. The van der Waals surface area contributed by atoms with Gasteiger partial charge in [-0.15, -0.1) is 5.92 Å². The van der Waals surface area contributed by atoms with Crippen LogP contribution in [0.5, 0.6) is 5.75 Å². The van der Waals surface area contributed by atoms with Crippen molar-refractivity contribution in [2.45, 2.75) is 39.3 Å². The third-order valence-corrected chi connectivity index (χ3v) is 5.11. The fourth-order valence-corrected chi connectivity index (χ4v) is 3.34. The Bertz CT molecular complexity index is 1160. The van der Waals surface area contributed by atoms with Gasteiger partial charge in [-0.05, 0) is 54.8 Å². The summed E-state index contributed by atoms with van der Waals surface area (Å²) < 4.78 is 5.93. The van der Waals surface area contributed by atoms with Crippen LogP contribution in [0.3, 0.4) is 0 Å². The lowest BCUT2D eigenvalue weighted by Gasteiger charge is -2.13. The van der Waals surface area contributed by atoms with Crippen LogP contribution in [-0.2, 0) is 17.9 Å². The molecule has 1 atom stereocenters. The molecule has 3 rings (SSSR count). The number of nitrogens with one attached hydrogen (secondary N) is 2. The Balaban J connectivity index is 1.65. The average molecular weight is 442 g/mol. The van der Waals surface area contributed by atoms with E-state index in [1.54, 1.807) is 6.92 Å². The number of anilines is 1. The number of benzene rings is 2. The number of carboxylic acids is 1. The predicted molar refractivity (Wildman–Crippen MR) is 130 cm³/mol. The molecular formula is C27H27N3O3. The Hall–Kier alpha value is -4.11. The van der Waals surface area contributed by atoms with E-state index in [1.807, 2.05) is 67.7 Å². The molecule has 1 heterocycles. The summed E-state index contributed by atoms with van der Waals surface area (Å²) in [6.07, 6.45) is 3.14. The first kappa shape index (κ1) is 23.6. The van der Waals surface area contributed by atoms with Crippen LogP contribution >= 0.6 is 0 Å². The maximum absolute atomic E-state index is 11.1. The fourth-order valence-electron chi connectivity index (χ4n) is 3.34. The van der Waals surface area contributed by atoms with E-state index < -0.39 is 5.97 Å². The highest BCUT2D eigenvalue weighted by Crippen LogP contribution is 2.24. The van der Waals surface area contributed by atoms with Gasteiger partial charge in [-0.25, -0.2) is 0 Å². The maximum atomic E-state index is 11.1. The summed E-state index contributed by atoms with van der Waals surface area (Å²) in [5.74, 6) is 5.22. The molecule has 3 N–H and O–H groups in total. The van der Waals surface area contributed by atoms with Gasteiger partial charge >= 0.3 is 5.97 Å². The molecule has 0 aliphatic carbocycles. The van der Waals surface area contributed by atoms with Crippen molar-refractivity contribution in [3.63, 3.8) is 0 Å². The number of pyridine rings is 1. The second kappa shape index (κ2) is 11.5.